The van der Waals surface area contributed by atoms with Gasteiger partial charge in [-0.3, -0.25) is 4.99 Å². The Bertz CT molecular complexity index is 424. The quantitative estimate of drug-likeness (QED) is 0.655. The Morgan fingerprint density at radius 2 is 2.17 bits per heavy atom. The molecule has 1 aromatic carbocycles. The van der Waals surface area contributed by atoms with Crippen molar-refractivity contribution in [1.82, 2.24) is 5.32 Å². The normalized spacial score (nSPS) is 15.1. The molecule has 1 heterocycles. The lowest BCUT2D eigenvalue weighted by atomic mass is 10.2. The first kappa shape index (κ1) is 12.9. The Labute approximate surface area is 110 Å². The zero-order chi connectivity index (χ0) is 13.0. The first-order valence-corrected chi connectivity index (χ1v) is 6.86. The van der Waals surface area contributed by atoms with Crippen LogP contribution in [0.2, 0.25) is 0 Å². The van der Waals surface area contributed by atoms with Crippen LogP contribution >= 0.6 is 0 Å². The van der Waals surface area contributed by atoms with Crippen LogP contribution < -0.4 is 10.2 Å². The fourth-order valence-corrected chi connectivity index (χ4v) is 2.22. The Balaban J connectivity index is 2.20. The lowest BCUT2D eigenvalue weighted by Gasteiger charge is -2.22. The molecule has 0 bridgehead atoms. The molecule has 1 aliphatic rings. The standard InChI is InChI=1S/C15H23N3/c1-4-16-15(17-11-12(2)3)18-10-9-13-7-5-6-8-14(13)18/h5-8,12H,4,9-11H2,1-3H3,(H,16,17). The van der Waals surface area contributed by atoms with Gasteiger partial charge in [0.25, 0.3) is 0 Å². The molecular weight excluding hydrogens is 222 g/mol. The van der Waals surface area contributed by atoms with Crippen molar-refractivity contribution < 1.29 is 0 Å². The molecule has 98 valence electrons. The summed E-state index contributed by atoms with van der Waals surface area (Å²) in [4.78, 5) is 7.03. The lowest BCUT2D eigenvalue weighted by Crippen LogP contribution is -2.40. The third kappa shape index (κ3) is 2.84. The first-order chi connectivity index (χ1) is 8.72. The smallest absolute Gasteiger partial charge is 0.198 e. The van der Waals surface area contributed by atoms with Crippen molar-refractivity contribution in [3.8, 4) is 0 Å². The van der Waals surface area contributed by atoms with Crippen molar-refractivity contribution in [2.45, 2.75) is 27.2 Å². The SMILES string of the molecule is CCNC(=NCC(C)C)N1CCc2ccccc21. The molecule has 1 aromatic rings. The summed E-state index contributed by atoms with van der Waals surface area (Å²) in [5, 5.41) is 3.40. The number of para-hydroxylation sites is 1. The zero-order valence-electron chi connectivity index (χ0n) is 11.6. The predicted molar refractivity (Wildman–Crippen MR) is 78.3 cm³/mol. The second-order valence-electron chi connectivity index (χ2n) is 5.12. The van der Waals surface area contributed by atoms with Crippen molar-refractivity contribution in [2.75, 3.05) is 24.5 Å². The molecule has 0 aliphatic carbocycles. The van der Waals surface area contributed by atoms with Gasteiger partial charge in [-0.1, -0.05) is 32.0 Å². The largest absolute Gasteiger partial charge is 0.356 e. The maximum absolute atomic E-state index is 4.73. The Hall–Kier alpha value is -1.51. The van der Waals surface area contributed by atoms with Gasteiger partial charge in [0.05, 0.1) is 0 Å². The minimum absolute atomic E-state index is 0.594. The van der Waals surface area contributed by atoms with Crippen LogP contribution in [0.15, 0.2) is 29.3 Å². The van der Waals surface area contributed by atoms with Gasteiger partial charge < -0.3 is 10.2 Å². The maximum atomic E-state index is 4.73. The van der Waals surface area contributed by atoms with Gasteiger partial charge in [0.1, 0.15) is 0 Å². The number of benzene rings is 1. The van der Waals surface area contributed by atoms with E-state index in [4.69, 9.17) is 4.99 Å². The summed E-state index contributed by atoms with van der Waals surface area (Å²) >= 11 is 0. The van der Waals surface area contributed by atoms with E-state index in [1.807, 2.05) is 0 Å². The second kappa shape index (κ2) is 5.89. The lowest BCUT2D eigenvalue weighted by molar-refractivity contribution is 0.660. The Morgan fingerprint density at radius 3 is 2.89 bits per heavy atom. The van der Waals surface area contributed by atoms with Crippen molar-refractivity contribution in [3.63, 3.8) is 0 Å². The van der Waals surface area contributed by atoms with Crippen LogP contribution in [0, 0.1) is 5.92 Å². The average molecular weight is 245 g/mol. The van der Waals surface area contributed by atoms with E-state index in [1.54, 1.807) is 0 Å². The summed E-state index contributed by atoms with van der Waals surface area (Å²) in [5.41, 5.74) is 2.73. The number of anilines is 1. The summed E-state index contributed by atoms with van der Waals surface area (Å²) in [7, 11) is 0. The molecule has 0 atom stereocenters. The first-order valence-electron chi connectivity index (χ1n) is 6.86. The third-order valence-electron chi connectivity index (χ3n) is 3.08. The van der Waals surface area contributed by atoms with Gasteiger partial charge in [-0.15, -0.1) is 0 Å². The summed E-state index contributed by atoms with van der Waals surface area (Å²) in [6, 6.07) is 8.61. The van der Waals surface area contributed by atoms with Gasteiger partial charge in [0.15, 0.2) is 5.96 Å². The molecule has 0 amide bonds. The van der Waals surface area contributed by atoms with Gasteiger partial charge in [0, 0.05) is 25.3 Å². The minimum atomic E-state index is 0.594. The van der Waals surface area contributed by atoms with Crippen LogP contribution in [-0.2, 0) is 6.42 Å². The van der Waals surface area contributed by atoms with Gasteiger partial charge in [-0.05, 0) is 30.9 Å². The number of hydrogen-bond donors (Lipinski definition) is 1. The van der Waals surface area contributed by atoms with Crippen molar-refractivity contribution in [3.05, 3.63) is 29.8 Å². The van der Waals surface area contributed by atoms with Gasteiger partial charge >= 0.3 is 0 Å². The van der Waals surface area contributed by atoms with Crippen LogP contribution in [0.4, 0.5) is 5.69 Å². The van der Waals surface area contributed by atoms with Crippen LogP contribution in [0.5, 0.6) is 0 Å². The van der Waals surface area contributed by atoms with Crippen molar-refractivity contribution in [1.29, 1.82) is 0 Å². The molecule has 0 radical (unpaired) electrons. The van der Waals surface area contributed by atoms with E-state index >= 15 is 0 Å². The second-order valence-corrected chi connectivity index (χ2v) is 5.12. The molecule has 1 N–H and O–H groups in total. The monoisotopic (exact) mass is 245 g/mol. The van der Waals surface area contributed by atoms with E-state index in [9.17, 15) is 0 Å². The molecule has 0 aromatic heterocycles. The highest BCUT2D eigenvalue weighted by Gasteiger charge is 2.22. The fourth-order valence-electron chi connectivity index (χ4n) is 2.22. The van der Waals surface area contributed by atoms with Crippen LogP contribution in [0.1, 0.15) is 26.3 Å². The molecule has 2 rings (SSSR count). The minimum Gasteiger partial charge on any atom is -0.356 e. The Morgan fingerprint density at radius 1 is 1.39 bits per heavy atom. The molecule has 0 fully saturated rings. The molecule has 0 spiro atoms. The summed E-state index contributed by atoms with van der Waals surface area (Å²) < 4.78 is 0. The van der Waals surface area contributed by atoms with E-state index in [-0.39, 0.29) is 0 Å². The molecule has 0 saturated heterocycles. The van der Waals surface area contributed by atoms with Crippen LogP contribution in [0.3, 0.4) is 0 Å². The number of nitrogens with one attached hydrogen (secondary N) is 1. The summed E-state index contributed by atoms with van der Waals surface area (Å²) in [6.07, 6.45) is 1.11. The number of hydrogen-bond acceptors (Lipinski definition) is 1. The Kier molecular flexibility index (Phi) is 4.24. The fraction of sp³-hybridized carbons (Fsp3) is 0.533. The number of rotatable bonds is 3. The molecule has 3 nitrogen and oxygen atoms in total. The van der Waals surface area contributed by atoms with E-state index in [1.165, 1.54) is 11.3 Å². The third-order valence-corrected chi connectivity index (χ3v) is 3.08. The highest BCUT2D eigenvalue weighted by atomic mass is 15.3. The van der Waals surface area contributed by atoms with Crippen LogP contribution in [-0.4, -0.2) is 25.6 Å². The molecule has 1 aliphatic heterocycles. The van der Waals surface area contributed by atoms with Gasteiger partial charge in [-0.25, -0.2) is 0 Å². The van der Waals surface area contributed by atoms with E-state index in [2.05, 4.69) is 55.3 Å². The van der Waals surface area contributed by atoms with Gasteiger partial charge in [0.2, 0.25) is 0 Å². The molecule has 0 saturated carbocycles. The highest BCUT2D eigenvalue weighted by molar-refractivity contribution is 5.97. The zero-order valence-corrected chi connectivity index (χ0v) is 11.6. The molecule has 0 unspecified atom stereocenters. The number of aliphatic imine (C=N–C) groups is 1. The topological polar surface area (TPSA) is 27.6 Å². The summed E-state index contributed by atoms with van der Waals surface area (Å²) in [5.74, 6) is 1.62. The molecule has 18 heavy (non-hydrogen) atoms. The van der Waals surface area contributed by atoms with E-state index in [0.29, 0.717) is 5.92 Å². The van der Waals surface area contributed by atoms with Gasteiger partial charge in [-0.2, -0.15) is 0 Å². The predicted octanol–water partition coefficient (Wildman–Crippen LogP) is 2.67. The van der Waals surface area contributed by atoms with Crippen molar-refractivity contribution in [2.24, 2.45) is 10.9 Å². The number of guanidine groups is 1. The number of nitrogens with zero attached hydrogens (tertiary/aromatic N) is 2. The van der Waals surface area contributed by atoms with Crippen molar-refractivity contribution >= 4 is 11.6 Å². The molecule has 3 heteroatoms. The number of fused-ring (bicyclic) bond motifs is 1. The average Bonchev–Trinajstić information content (AvgIpc) is 2.78. The maximum Gasteiger partial charge on any atom is 0.198 e. The highest BCUT2D eigenvalue weighted by Crippen LogP contribution is 2.27. The van der Waals surface area contributed by atoms with E-state index in [0.717, 1.165) is 32.0 Å². The van der Waals surface area contributed by atoms with Crippen LogP contribution in [0.25, 0.3) is 0 Å². The molecular formula is C15H23N3. The van der Waals surface area contributed by atoms with E-state index < -0.39 is 0 Å². The summed E-state index contributed by atoms with van der Waals surface area (Å²) in [6.45, 7) is 9.34.